The Labute approximate surface area is 100 Å². The van der Waals surface area contributed by atoms with Crippen LogP contribution in [-0.4, -0.2) is 13.4 Å². The molecule has 0 N–H and O–H groups in total. The van der Waals surface area contributed by atoms with Crippen LogP contribution in [0.25, 0.3) is 11.3 Å². The van der Waals surface area contributed by atoms with Gasteiger partial charge in [-0.15, -0.1) is 0 Å². The Bertz CT molecular complexity index is 482. The molecular weight excluding hydrogens is 216 g/mol. The average molecular weight is 230 g/mol. The van der Waals surface area contributed by atoms with Gasteiger partial charge in [0.25, 0.3) is 0 Å². The molecule has 3 heteroatoms. The molecule has 0 spiro atoms. The molecule has 1 aromatic heterocycles. The van der Waals surface area contributed by atoms with Gasteiger partial charge in [-0.2, -0.15) is 0 Å². The Kier molecular flexibility index (Phi) is 3.60. The molecule has 0 radical (unpaired) electrons. The summed E-state index contributed by atoms with van der Waals surface area (Å²) in [5.74, 6) is 2.47. The monoisotopic (exact) mass is 230 g/mol. The van der Waals surface area contributed by atoms with Crippen molar-refractivity contribution in [2.75, 3.05) is 7.11 Å². The Morgan fingerprint density at radius 1 is 1.18 bits per heavy atom. The van der Waals surface area contributed by atoms with Crippen LogP contribution in [0.2, 0.25) is 0 Å². The molecular formula is C14H14O3. The molecule has 0 bridgehead atoms. The first-order valence-electron chi connectivity index (χ1n) is 5.50. The van der Waals surface area contributed by atoms with Gasteiger partial charge in [0, 0.05) is 18.4 Å². The van der Waals surface area contributed by atoms with Crippen LogP contribution in [-0.2, 0) is 11.2 Å². The van der Waals surface area contributed by atoms with Gasteiger partial charge < -0.3 is 13.9 Å². The zero-order chi connectivity index (χ0) is 12.1. The van der Waals surface area contributed by atoms with Crippen LogP contribution in [0.15, 0.2) is 40.8 Å². The molecule has 0 aliphatic rings. The molecule has 17 heavy (non-hydrogen) atoms. The van der Waals surface area contributed by atoms with Crippen molar-refractivity contribution >= 4 is 6.29 Å². The number of hydrogen-bond donors (Lipinski definition) is 0. The SMILES string of the molecule is COc1ccc(-c2ccc(CCC=O)o2)cc1. The third-order valence-corrected chi connectivity index (χ3v) is 2.54. The largest absolute Gasteiger partial charge is 0.497 e. The molecule has 0 saturated heterocycles. The molecule has 0 unspecified atom stereocenters. The number of hydrogen-bond acceptors (Lipinski definition) is 3. The number of rotatable bonds is 5. The summed E-state index contributed by atoms with van der Waals surface area (Å²) in [5.41, 5.74) is 1.00. The van der Waals surface area contributed by atoms with E-state index >= 15 is 0 Å². The third-order valence-electron chi connectivity index (χ3n) is 2.54. The Morgan fingerprint density at radius 3 is 2.59 bits per heavy atom. The normalized spacial score (nSPS) is 10.2. The van der Waals surface area contributed by atoms with Crippen LogP contribution >= 0.6 is 0 Å². The lowest BCUT2D eigenvalue weighted by Gasteiger charge is -2.00. The smallest absolute Gasteiger partial charge is 0.134 e. The second kappa shape index (κ2) is 5.34. The summed E-state index contributed by atoms with van der Waals surface area (Å²) in [5, 5.41) is 0. The van der Waals surface area contributed by atoms with Crippen molar-refractivity contribution in [2.45, 2.75) is 12.8 Å². The van der Waals surface area contributed by atoms with E-state index in [1.165, 1.54) is 0 Å². The lowest BCUT2D eigenvalue weighted by atomic mass is 10.2. The average Bonchev–Trinajstić information content (AvgIpc) is 2.85. The summed E-state index contributed by atoms with van der Waals surface area (Å²) < 4.78 is 10.7. The lowest BCUT2D eigenvalue weighted by Crippen LogP contribution is -1.82. The quantitative estimate of drug-likeness (QED) is 0.741. The predicted molar refractivity (Wildman–Crippen MR) is 65.1 cm³/mol. The van der Waals surface area contributed by atoms with Gasteiger partial charge in [0.15, 0.2) is 0 Å². The molecule has 1 aromatic carbocycles. The molecule has 2 rings (SSSR count). The number of ether oxygens (including phenoxy) is 1. The van der Waals surface area contributed by atoms with Crippen LogP contribution in [0.5, 0.6) is 5.75 Å². The first kappa shape index (κ1) is 11.5. The molecule has 0 saturated carbocycles. The topological polar surface area (TPSA) is 39.4 Å². The molecule has 2 aromatic rings. The summed E-state index contributed by atoms with van der Waals surface area (Å²) in [6.07, 6.45) is 2.05. The van der Waals surface area contributed by atoms with E-state index in [2.05, 4.69) is 0 Å². The first-order chi connectivity index (χ1) is 8.33. The predicted octanol–water partition coefficient (Wildman–Crippen LogP) is 3.09. The van der Waals surface area contributed by atoms with E-state index in [-0.39, 0.29) is 0 Å². The Balaban J connectivity index is 2.15. The zero-order valence-electron chi connectivity index (χ0n) is 9.68. The highest BCUT2D eigenvalue weighted by Gasteiger charge is 2.04. The van der Waals surface area contributed by atoms with E-state index < -0.39 is 0 Å². The fourth-order valence-corrected chi connectivity index (χ4v) is 1.62. The highest BCUT2D eigenvalue weighted by Crippen LogP contribution is 2.24. The van der Waals surface area contributed by atoms with Gasteiger partial charge >= 0.3 is 0 Å². The molecule has 0 aliphatic carbocycles. The number of carbonyl (C=O) groups excluding carboxylic acids is 1. The minimum atomic E-state index is 0.496. The number of benzene rings is 1. The summed E-state index contributed by atoms with van der Waals surface area (Å²) >= 11 is 0. The first-order valence-corrected chi connectivity index (χ1v) is 5.50. The van der Waals surface area contributed by atoms with Crippen LogP contribution in [0.1, 0.15) is 12.2 Å². The maximum Gasteiger partial charge on any atom is 0.134 e. The second-order valence-corrected chi connectivity index (χ2v) is 3.70. The molecule has 3 nitrogen and oxygen atoms in total. The summed E-state index contributed by atoms with van der Waals surface area (Å²) in [6.45, 7) is 0. The van der Waals surface area contributed by atoms with Crippen LogP contribution in [0.4, 0.5) is 0 Å². The van der Waals surface area contributed by atoms with Gasteiger partial charge in [-0.1, -0.05) is 0 Å². The summed E-state index contributed by atoms with van der Waals surface area (Å²) in [7, 11) is 1.64. The van der Waals surface area contributed by atoms with Crippen molar-refractivity contribution in [1.82, 2.24) is 0 Å². The van der Waals surface area contributed by atoms with Gasteiger partial charge in [0.05, 0.1) is 7.11 Å². The molecule has 88 valence electrons. The minimum absolute atomic E-state index is 0.496. The van der Waals surface area contributed by atoms with Gasteiger partial charge in [-0.3, -0.25) is 0 Å². The Morgan fingerprint density at radius 2 is 1.94 bits per heavy atom. The third kappa shape index (κ3) is 2.75. The van der Waals surface area contributed by atoms with Crippen molar-refractivity contribution < 1.29 is 13.9 Å². The zero-order valence-corrected chi connectivity index (χ0v) is 9.68. The molecule has 1 heterocycles. The van der Waals surface area contributed by atoms with E-state index in [0.717, 1.165) is 29.1 Å². The fraction of sp³-hybridized carbons (Fsp3) is 0.214. The second-order valence-electron chi connectivity index (χ2n) is 3.70. The number of carbonyl (C=O) groups is 1. The maximum atomic E-state index is 10.3. The van der Waals surface area contributed by atoms with Crippen LogP contribution in [0.3, 0.4) is 0 Å². The van der Waals surface area contributed by atoms with Crippen molar-refractivity contribution in [2.24, 2.45) is 0 Å². The van der Waals surface area contributed by atoms with E-state index in [1.54, 1.807) is 7.11 Å². The molecule has 0 atom stereocenters. The Hall–Kier alpha value is -2.03. The van der Waals surface area contributed by atoms with Crippen molar-refractivity contribution in [1.29, 1.82) is 0 Å². The van der Waals surface area contributed by atoms with Crippen molar-refractivity contribution in [3.8, 4) is 17.1 Å². The highest BCUT2D eigenvalue weighted by atomic mass is 16.5. The minimum Gasteiger partial charge on any atom is -0.497 e. The van der Waals surface area contributed by atoms with E-state index in [1.807, 2.05) is 36.4 Å². The molecule has 0 fully saturated rings. The van der Waals surface area contributed by atoms with Gasteiger partial charge in [-0.05, 0) is 36.4 Å². The number of aldehydes is 1. The highest BCUT2D eigenvalue weighted by molar-refractivity contribution is 5.58. The van der Waals surface area contributed by atoms with Crippen molar-refractivity contribution in [3.05, 3.63) is 42.2 Å². The number of methoxy groups -OCH3 is 1. The number of furan rings is 1. The van der Waals surface area contributed by atoms with Crippen LogP contribution < -0.4 is 4.74 Å². The van der Waals surface area contributed by atoms with E-state index in [4.69, 9.17) is 9.15 Å². The maximum absolute atomic E-state index is 10.3. The summed E-state index contributed by atoms with van der Waals surface area (Å²) in [4.78, 5) is 10.3. The fourth-order valence-electron chi connectivity index (χ4n) is 1.62. The van der Waals surface area contributed by atoms with Gasteiger partial charge in [0.1, 0.15) is 23.6 Å². The van der Waals surface area contributed by atoms with Crippen molar-refractivity contribution in [3.63, 3.8) is 0 Å². The molecule has 0 amide bonds. The van der Waals surface area contributed by atoms with E-state index in [0.29, 0.717) is 12.8 Å². The van der Waals surface area contributed by atoms with Crippen LogP contribution in [0, 0.1) is 0 Å². The van der Waals surface area contributed by atoms with Gasteiger partial charge in [0.2, 0.25) is 0 Å². The number of aryl methyl sites for hydroxylation is 1. The standard InChI is InChI=1S/C14H14O3/c1-16-12-6-4-11(5-7-12)14-9-8-13(17-14)3-2-10-15/h4-10H,2-3H2,1H3. The van der Waals surface area contributed by atoms with E-state index in [9.17, 15) is 4.79 Å². The molecule has 0 aliphatic heterocycles. The summed E-state index contributed by atoms with van der Waals surface area (Å²) in [6, 6.07) is 11.5. The van der Waals surface area contributed by atoms with Gasteiger partial charge in [-0.25, -0.2) is 0 Å². The lowest BCUT2D eigenvalue weighted by molar-refractivity contribution is -0.107.